The molecule has 0 bridgehead atoms. The van der Waals surface area contributed by atoms with Crippen LogP contribution in [-0.2, 0) is 11.2 Å². The van der Waals surface area contributed by atoms with Crippen LogP contribution in [0.1, 0.15) is 65.2 Å². The van der Waals surface area contributed by atoms with Gasteiger partial charge in [-0.05, 0) is 79.3 Å². The molecule has 0 unspecified atom stereocenters. The van der Waals surface area contributed by atoms with Crippen molar-refractivity contribution >= 4 is 34.5 Å². The number of carbonyl (C=O) groups is 2. The summed E-state index contributed by atoms with van der Waals surface area (Å²) in [6.07, 6.45) is 2.58. The molecule has 230 valence electrons. The van der Waals surface area contributed by atoms with Gasteiger partial charge in [-0.3, -0.25) is 14.9 Å². The normalized spacial score (nSPS) is 11.6. The molecule has 4 aromatic rings. The van der Waals surface area contributed by atoms with Crippen LogP contribution in [0.15, 0.2) is 71.8 Å². The van der Waals surface area contributed by atoms with Crippen LogP contribution in [0.3, 0.4) is 0 Å². The molecule has 0 radical (unpaired) electrons. The third-order valence-corrected chi connectivity index (χ3v) is 7.57. The number of hydrazone groups is 1. The molecule has 0 aliphatic heterocycles. The predicted molar refractivity (Wildman–Crippen MR) is 172 cm³/mol. The van der Waals surface area contributed by atoms with Gasteiger partial charge in [-0.1, -0.05) is 55.5 Å². The standard InChI is InChI=1S/C33H37N5O5S/c1-5-22(3)25-12-14-26(15-13-25)42-17-18-43-28-16-11-24(19-29(28)41-6-2)21-34-36-30(39)20-31-37-38-33(44-31)35-32(40)27-10-8-7-9-23(27)4/h7-16,19,21-22H,5-6,17-18,20H2,1-4H3,(H,36,39)(H,35,38,40)/b34-21-/t22-/m0/s1. The van der Waals surface area contributed by atoms with Crippen molar-refractivity contribution in [2.45, 2.75) is 46.5 Å². The number of nitrogens with zero attached hydrogens (tertiary/aromatic N) is 3. The highest BCUT2D eigenvalue weighted by molar-refractivity contribution is 7.15. The summed E-state index contributed by atoms with van der Waals surface area (Å²) in [5.41, 5.74) is 5.91. The van der Waals surface area contributed by atoms with Gasteiger partial charge in [-0.2, -0.15) is 5.10 Å². The maximum Gasteiger partial charge on any atom is 0.257 e. The number of nitrogens with one attached hydrogen (secondary N) is 2. The van der Waals surface area contributed by atoms with Gasteiger partial charge in [-0.25, -0.2) is 5.43 Å². The Hall–Kier alpha value is -4.77. The van der Waals surface area contributed by atoms with Crippen molar-refractivity contribution in [3.63, 3.8) is 0 Å². The number of amides is 2. The summed E-state index contributed by atoms with van der Waals surface area (Å²) in [5, 5.41) is 15.5. The van der Waals surface area contributed by atoms with E-state index in [9.17, 15) is 9.59 Å². The third kappa shape index (κ3) is 9.37. The van der Waals surface area contributed by atoms with Crippen LogP contribution in [0, 0.1) is 6.92 Å². The third-order valence-electron chi connectivity index (χ3n) is 6.73. The van der Waals surface area contributed by atoms with Crippen LogP contribution in [0.25, 0.3) is 0 Å². The molecule has 10 nitrogen and oxygen atoms in total. The molecule has 2 N–H and O–H groups in total. The number of anilines is 1. The molecule has 44 heavy (non-hydrogen) atoms. The fraction of sp³-hybridized carbons (Fsp3) is 0.303. The van der Waals surface area contributed by atoms with E-state index < -0.39 is 0 Å². The van der Waals surface area contributed by atoms with E-state index in [1.807, 2.05) is 44.2 Å². The second kappa shape index (κ2) is 16.2. The molecular formula is C33H37N5O5S. The lowest BCUT2D eigenvalue weighted by molar-refractivity contribution is -0.120. The second-order valence-corrected chi connectivity index (χ2v) is 11.0. The number of carbonyl (C=O) groups excluding carboxylic acids is 2. The molecule has 0 saturated carbocycles. The van der Waals surface area contributed by atoms with E-state index in [0.717, 1.165) is 34.6 Å². The van der Waals surface area contributed by atoms with Crippen LogP contribution in [0.4, 0.5) is 5.13 Å². The molecule has 0 saturated heterocycles. The van der Waals surface area contributed by atoms with Gasteiger partial charge >= 0.3 is 0 Å². The van der Waals surface area contributed by atoms with E-state index in [1.54, 1.807) is 24.3 Å². The minimum atomic E-state index is -0.367. The molecule has 0 fully saturated rings. The summed E-state index contributed by atoms with van der Waals surface area (Å²) in [6, 6.07) is 20.8. The molecule has 1 aromatic heterocycles. The molecule has 11 heteroatoms. The zero-order valence-electron chi connectivity index (χ0n) is 25.3. The predicted octanol–water partition coefficient (Wildman–Crippen LogP) is 6.16. The average molecular weight is 616 g/mol. The first-order valence-corrected chi connectivity index (χ1v) is 15.3. The van der Waals surface area contributed by atoms with Crippen LogP contribution in [-0.4, -0.2) is 48.0 Å². The largest absolute Gasteiger partial charge is 0.490 e. The van der Waals surface area contributed by atoms with E-state index in [0.29, 0.717) is 52.9 Å². The summed E-state index contributed by atoms with van der Waals surface area (Å²) in [5.74, 6) is 1.83. The summed E-state index contributed by atoms with van der Waals surface area (Å²) in [6.45, 7) is 9.33. The van der Waals surface area contributed by atoms with E-state index in [2.05, 4.69) is 52.0 Å². The Kier molecular flexibility index (Phi) is 11.8. The van der Waals surface area contributed by atoms with Crippen LogP contribution in [0.2, 0.25) is 0 Å². The fourth-order valence-corrected chi connectivity index (χ4v) is 4.89. The lowest BCUT2D eigenvalue weighted by Crippen LogP contribution is -2.19. The highest BCUT2D eigenvalue weighted by atomic mass is 32.1. The first-order valence-electron chi connectivity index (χ1n) is 14.5. The van der Waals surface area contributed by atoms with Gasteiger partial charge in [0.25, 0.3) is 5.91 Å². The van der Waals surface area contributed by atoms with Crippen LogP contribution < -0.4 is 25.0 Å². The molecule has 3 aromatic carbocycles. The lowest BCUT2D eigenvalue weighted by Gasteiger charge is -2.14. The Bertz CT molecular complexity index is 1570. The van der Waals surface area contributed by atoms with Gasteiger partial charge in [0.15, 0.2) is 11.5 Å². The van der Waals surface area contributed by atoms with Gasteiger partial charge in [-0.15, -0.1) is 10.2 Å². The molecule has 0 aliphatic rings. The fourth-order valence-electron chi connectivity index (χ4n) is 4.16. The van der Waals surface area contributed by atoms with Crippen molar-refractivity contribution < 1.29 is 23.8 Å². The second-order valence-electron chi connectivity index (χ2n) is 9.95. The molecule has 4 rings (SSSR count). The zero-order chi connectivity index (χ0) is 31.3. The Morgan fingerprint density at radius 3 is 2.48 bits per heavy atom. The van der Waals surface area contributed by atoms with E-state index in [1.165, 1.54) is 11.8 Å². The molecular weight excluding hydrogens is 578 g/mol. The summed E-state index contributed by atoms with van der Waals surface area (Å²) in [7, 11) is 0. The number of benzene rings is 3. The van der Waals surface area contributed by atoms with Gasteiger partial charge < -0.3 is 14.2 Å². The van der Waals surface area contributed by atoms with E-state index >= 15 is 0 Å². The molecule has 1 heterocycles. The molecule has 0 aliphatic carbocycles. The smallest absolute Gasteiger partial charge is 0.257 e. The molecule has 1 atom stereocenters. The highest BCUT2D eigenvalue weighted by Crippen LogP contribution is 2.28. The van der Waals surface area contributed by atoms with Gasteiger partial charge in [0, 0.05) is 5.56 Å². The monoisotopic (exact) mass is 615 g/mol. The SMILES string of the molecule is CCOc1cc(/C=N\NC(=O)Cc2nnc(NC(=O)c3ccccc3C)s2)ccc1OCCOc1ccc([C@@H](C)CC)cc1. The van der Waals surface area contributed by atoms with Crippen molar-refractivity contribution in [1.29, 1.82) is 0 Å². The van der Waals surface area contributed by atoms with Gasteiger partial charge in [0.2, 0.25) is 11.0 Å². The van der Waals surface area contributed by atoms with Gasteiger partial charge in [0.05, 0.1) is 19.2 Å². The lowest BCUT2D eigenvalue weighted by atomic mass is 9.99. The van der Waals surface area contributed by atoms with Crippen molar-refractivity contribution in [2.24, 2.45) is 5.10 Å². The maximum atomic E-state index is 12.5. The topological polar surface area (TPSA) is 124 Å². The van der Waals surface area contributed by atoms with Crippen molar-refractivity contribution in [2.75, 3.05) is 25.1 Å². The Labute approximate surface area is 261 Å². The highest BCUT2D eigenvalue weighted by Gasteiger charge is 2.14. The van der Waals surface area contributed by atoms with Crippen LogP contribution >= 0.6 is 11.3 Å². The first kappa shape index (κ1) is 32.2. The number of rotatable bonds is 15. The summed E-state index contributed by atoms with van der Waals surface area (Å²) in [4.78, 5) is 24.9. The van der Waals surface area contributed by atoms with Crippen molar-refractivity contribution in [1.82, 2.24) is 15.6 Å². The maximum absolute atomic E-state index is 12.5. The van der Waals surface area contributed by atoms with Crippen molar-refractivity contribution in [3.8, 4) is 17.2 Å². The minimum Gasteiger partial charge on any atom is -0.490 e. The van der Waals surface area contributed by atoms with E-state index in [-0.39, 0.29) is 18.2 Å². The number of aromatic nitrogens is 2. The minimum absolute atomic E-state index is 0.0315. The Morgan fingerprint density at radius 1 is 0.955 bits per heavy atom. The molecule has 0 spiro atoms. The van der Waals surface area contributed by atoms with Gasteiger partial charge in [0.1, 0.15) is 24.0 Å². The van der Waals surface area contributed by atoms with Crippen LogP contribution in [0.5, 0.6) is 17.2 Å². The quantitative estimate of drug-likeness (QED) is 0.0932. The number of ether oxygens (including phenoxy) is 3. The first-order chi connectivity index (χ1) is 21.4. The zero-order valence-corrected chi connectivity index (χ0v) is 26.1. The number of hydrogen-bond acceptors (Lipinski definition) is 9. The van der Waals surface area contributed by atoms with Crippen molar-refractivity contribution in [3.05, 3.63) is 94.0 Å². The average Bonchev–Trinajstić information content (AvgIpc) is 3.46. The summed E-state index contributed by atoms with van der Waals surface area (Å²) < 4.78 is 17.5. The Morgan fingerprint density at radius 2 is 1.73 bits per heavy atom. The Balaban J connectivity index is 1.24. The van der Waals surface area contributed by atoms with E-state index in [4.69, 9.17) is 14.2 Å². The summed E-state index contributed by atoms with van der Waals surface area (Å²) >= 11 is 1.13. The number of hydrogen-bond donors (Lipinski definition) is 2. The number of aryl methyl sites for hydroxylation is 1. The molecule has 2 amide bonds.